The van der Waals surface area contributed by atoms with E-state index in [1.807, 2.05) is 25.4 Å². The summed E-state index contributed by atoms with van der Waals surface area (Å²) in [6.07, 6.45) is 5.13. The molecule has 0 bridgehead atoms. The van der Waals surface area contributed by atoms with Crippen LogP contribution >= 0.6 is 0 Å². The number of benzene rings is 2. The van der Waals surface area contributed by atoms with Gasteiger partial charge in [-0.15, -0.1) is 0 Å². The summed E-state index contributed by atoms with van der Waals surface area (Å²) in [4.78, 5) is 21.6. The van der Waals surface area contributed by atoms with Crippen LogP contribution < -0.4 is 10.6 Å². The number of imidazole rings is 1. The first-order valence-corrected chi connectivity index (χ1v) is 13.5. The number of carbonyl (C=O) groups excluding carboxylic acids is 1. The number of nitrogens with zero attached hydrogens (tertiary/aromatic N) is 5. The number of pyridine rings is 2. The van der Waals surface area contributed by atoms with E-state index in [1.54, 1.807) is 46.7 Å². The molecule has 0 saturated heterocycles. The molecule has 8 nitrogen and oxygen atoms in total. The highest BCUT2D eigenvalue weighted by molar-refractivity contribution is 6.05. The van der Waals surface area contributed by atoms with Crippen molar-refractivity contribution in [3.05, 3.63) is 126 Å². The number of amides is 1. The highest BCUT2D eigenvalue weighted by Crippen LogP contribution is 2.35. The topological polar surface area (TPSA) is 89.1 Å². The van der Waals surface area contributed by atoms with Crippen molar-refractivity contribution in [1.29, 1.82) is 0 Å². The van der Waals surface area contributed by atoms with Crippen LogP contribution in [-0.2, 0) is 13.2 Å². The summed E-state index contributed by atoms with van der Waals surface area (Å²) in [6.45, 7) is 1.65. The van der Waals surface area contributed by atoms with Gasteiger partial charge in [-0.3, -0.25) is 18.9 Å². The first-order valence-electron chi connectivity index (χ1n) is 13.5. The number of fused-ring (bicyclic) bond motifs is 1. The number of hydrogen-bond acceptors (Lipinski definition) is 5. The maximum absolute atomic E-state index is 15.0. The van der Waals surface area contributed by atoms with Crippen LogP contribution in [0.3, 0.4) is 0 Å². The molecule has 12 heteroatoms. The highest BCUT2D eigenvalue weighted by atomic mass is 19.4. The largest absolute Gasteiger partial charge is 0.416 e. The van der Waals surface area contributed by atoms with Crippen LogP contribution in [0.25, 0.3) is 16.8 Å². The van der Waals surface area contributed by atoms with Crippen molar-refractivity contribution in [2.45, 2.75) is 13.1 Å². The fourth-order valence-corrected chi connectivity index (χ4v) is 4.73. The zero-order valence-electron chi connectivity index (χ0n) is 23.8. The van der Waals surface area contributed by atoms with Gasteiger partial charge in [0.25, 0.3) is 5.91 Å². The number of hydrogen-bond donors (Lipinski definition) is 2. The van der Waals surface area contributed by atoms with Gasteiger partial charge in [0.1, 0.15) is 11.5 Å². The summed E-state index contributed by atoms with van der Waals surface area (Å²) in [5.41, 5.74) is 2.73. The number of anilines is 3. The maximum Gasteiger partial charge on any atom is 0.416 e. The third-order valence-electron chi connectivity index (χ3n) is 6.94. The van der Waals surface area contributed by atoms with E-state index in [2.05, 4.69) is 37.5 Å². The van der Waals surface area contributed by atoms with Gasteiger partial charge in [-0.25, -0.2) is 9.37 Å². The van der Waals surface area contributed by atoms with Crippen molar-refractivity contribution in [3.63, 3.8) is 0 Å². The third-order valence-corrected chi connectivity index (χ3v) is 6.94. The normalized spacial score (nSPS) is 11.2. The van der Waals surface area contributed by atoms with Crippen LogP contribution in [0, 0.1) is 24.6 Å². The minimum Gasteiger partial charge on any atom is -0.350 e. The van der Waals surface area contributed by atoms with Gasteiger partial charge in [0.15, 0.2) is 5.65 Å². The van der Waals surface area contributed by atoms with Crippen LogP contribution in [0.5, 0.6) is 0 Å². The Labute approximate surface area is 254 Å². The van der Waals surface area contributed by atoms with Crippen molar-refractivity contribution >= 4 is 28.6 Å². The lowest BCUT2D eigenvalue weighted by atomic mass is 10.0. The van der Waals surface area contributed by atoms with Crippen LogP contribution in [0.4, 0.5) is 34.6 Å². The first-order chi connectivity index (χ1) is 21.5. The second kappa shape index (κ2) is 11.6. The van der Waals surface area contributed by atoms with Crippen LogP contribution in [0.2, 0.25) is 0 Å². The first kappa shape index (κ1) is 29.1. The summed E-state index contributed by atoms with van der Waals surface area (Å²) >= 11 is 0. The van der Waals surface area contributed by atoms with Gasteiger partial charge < -0.3 is 10.6 Å². The molecule has 45 heavy (non-hydrogen) atoms. The Morgan fingerprint density at radius 3 is 2.49 bits per heavy atom. The number of aryl methyl sites for hydroxylation is 2. The lowest BCUT2D eigenvalue weighted by molar-refractivity contribution is -0.137. The van der Waals surface area contributed by atoms with E-state index in [1.165, 1.54) is 24.5 Å². The van der Waals surface area contributed by atoms with Gasteiger partial charge in [0, 0.05) is 43.1 Å². The van der Waals surface area contributed by atoms with E-state index < -0.39 is 23.5 Å². The van der Waals surface area contributed by atoms with Crippen molar-refractivity contribution in [2.24, 2.45) is 7.05 Å². The molecular weight excluding hydrogens is 586 g/mol. The fourth-order valence-electron chi connectivity index (χ4n) is 4.73. The van der Waals surface area contributed by atoms with Crippen molar-refractivity contribution in [1.82, 2.24) is 24.1 Å². The molecule has 2 aromatic carbocycles. The van der Waals surface area contributed by atoms with E-state index >= 15 is 4.39 Å². The monoisotopic (exact) mass is 609 g/mol. The summed E-state index contributed by atoms with van der Waals surface area (Å²) in [6, 6.07) is 12.4. The minimum absolute atomic E-state index is 0.143. The number of alkyl halides is 3. The van der Waals surface area contributed by atoms with Gasteiger partial charge in [-0.1, -0.05) is 5.92 Å². The Morgan fingerprint density at radius 1 is 0.956 bits per heavy atom. The average molecular weight is 610 g/mol. The van der Waals surface area contributed by atoms with Crippen molar-refractivity contribution in [2.75, 3.05) is 10.6 Å². The Morgan fingerprint density at radius 2 is 1.76 bits per heavy atom. The second-order valence-corrected chi connectivity index (χ2v) is 10.2. The average Bonchev–Trinajstić information content (AvgIpc) is 3.62. The van der Waals surface area contributed by atoms with E-state index in [9.17, 15) is 18.0 Å². The van der Waals surface area contributed by atoms with Gasteiger partial charge in [0.05, 0.1) is 34.9 Å². The summed E-state index contributed by atoms with van der Waals surface area (Å²) in [5.74, 6) is 4.25. The summed E-state index contributed by atoms with van der Waals surface area (Å²) in [5, 5.41) is 9.84. The Kier molecular flexibility index (Phi) is 7.52. The van der Waals surface area contributed by atoms with Gasteiger partial charge in [-0.2, -0.15) is 18.3 Å². The smallest absolute Gasteiger partial charge is 0.350 e. The van der Waals surface area contributed by atoms with Gasteiger partial charge in [-0.05, 0) is 84.1 Å². The SMILES string of the molecule is Cc1cc(F)c(C(=O)Nc2cc(-c3ccncc3)cc(C(F)(F)F)c2)cc1C#Cc1cnc2c(Nc3cnn(C)c3)cccn12. The number of nitrogens with one attached hydrogen (secondary N) is 2. The standard InChI is InChI=1S/C33H23F4N7O/c1-20-12-29(34)28(32(45)42-25-14-23(21-7-9-38-10-8-21)13-24(16-25)33(35,36)37)15-22(20)5-6-27-18-39-31-30(4-3-11-44(27)31)41-26-17-40-43(2)19-26/h3-4,7-19,41H,1-2H3,(H,42,45). The van der Waals surface area contributed by atoms with Crippen LogP contribution in [0.1, 0.15) is 32.7 Å². The van der Waals surface area contributed by atoms with E-state index in [4.69, 9.17) is 0 Å². The molecule has 6 aromatic rings. The third kappa shape index (κ3) is 6.23. The molecule has 0 aliphatic heterocycles. The highest BCUT2D eigenvalue weighted by Gasteiger charge is 2.31. The Bertz CT molecular complexity index is 2120. The molecule has 0 radical (unpaired) electrons. The van der Waals surface area contributed by atoms with Crippen molar-refractivity contribution < 1.29 is 22.4 Å². The van der Waals surface area contributed by atoms with Gasteiger partial charge >= 0.3 is 6.18 Å². The molecule has 0 saturated carbocycles. The molecule has 0 aliphatic rings. The zero-order valence-corrected chi connectivity index (χ0v) is 23.8. The van der Waals surface area contributed by atoms with Crippen LogP contribution in [0.15, 0.2) is 91.8 Å². The molecule has 1 amide bonds. The predicted molar refractivity (Wildman–Crippen MR) is 161 cm³/mol. The fraction of sp³-hybridized carbons (Fsp3) is 0.0909. The predicted octanol–water partition coefficient (Wildman–Crippen LogP) is 6.99. The molecule has 0 atom stereocenters. The molecule has 2 N–H and O–H groups in total. The minimum atomic E-state index is -4.67. The van der Waals surface area contributed by atoms with E-state index in [-0.39, 0.29) is 16.8 Å². The molecule has 0 aliphatic carbocycles. The zero-order chi connectivity index (χ0) is 31.7. The molecule has 4 heterocycles. The number of aromatic nitrogens is 5. The van der Waals surface area contributed by atoms with E-state index in [0.717, 1.165) is 29.6 Å². The Hall–Kier alpha value is -5.96. The number of halogens is 4. The van der Waals surface area contributed by atoms with E-state index in [0.29, 0.717) is 28.0 Å². The van der Waals surface area contributed by atoms with Crippen LogP contribution in [-0.4, -0.2) is 30.1 Å². The maximum atomic E-state index is 15.0. The molecule has 4 aromatic heterocycles. The molecule has 0 unspecified atom stereocenters. The second-order valence-electron chi connectivity index (χ2n) is 10.2. The van der Waals surface area contributed by atoms with Crippen molar-refractivity contribution in [3.8, 4) is 23.0 Å². The summed E-state index contributed by atoms with van der Waals surface area (Å²) < 4.78 is 59.6. The Balaban J connectivity index is 1.30. The molecule has 0 fully saturated rings. The number of carbonyl (C=O) groups is 1. The molecule has 0 spiro atoms. The molecular formula is C33H23F4N7O. The lowest BCUT2D eigenvalue weighted by Gasteiger charge is -2.14. The number of rotatable bonds is 5. The quantitative estimate of drug-likeness (QED) is 0.163. The lowest BCUT2D eigenvalue weighted by Crippen LogP contribution is -2.15. The summed E-state index contributed by atoms with van der Waals surface area (Å²) in [7, 11) is 1.81. The van der Waals surface area contributed by atoms with Gasteiger partial charge in [0.2, 0.25) is 0 Å². The molecule has 6 rings (SSSR count). The molecule has 224 valence electrons.